The van der Waals surface area contributed by atoms with Crippen LogP contribution in [0.4, 0.5) is 5.69 Å². The molecule has 1 aliphatic heterocycles. The molecule has 204 valence electrons. The number of rotatable bonds is 8. The number of benzene rings is 3. The lowest BCUT2D eigenvalue weighted by Crippen LogP contribution is -2.29. The van der Waals surface area contributed by atoms with Crippen molar-refractivity contribution in [2.45, 2.75) is 12.1 Å². The van der Waals surface area contributed by atoms with Gasteiger partial charge < -0.3 is 29.2 Å². The molecule has 0 aliphatic carbocycles. The Morgan fingerprint density at radius 3 is 2.22 bits per heavy atom. The van der Waals surface area contributed by atoms with Crippen LogP contribution in [0.15, 0.2) is 114 Å². The zero-order valence-electron chi connectivity index (χ0n) is 21.9. The second kappa shape index (κ2) is 11.1. The van der Waals surface area contributed by atoms with Gasteiger partial charge in [-0.3, -0.25) is 4.98 Å². The molecule has 2 aromatic heterocycles. The summed E-state index contributed by atoms with van der Waals surface area (Å²) < 4.78 is 17.6. The molecule has 8 nitrogen and oxygen atoms in total. The number of pyridine rings is 1. The van der Waals surface area contributed by atoms with E-state index in [4.69, 9.17) is 26.1 Å². The molecule has 1 saturated heterocycles. The number of anilines is 1. The Balaban J connectivity index is 1.32. The summed E-state index contributed by atoms with van der Waals surface area (Å²) in [5.41, 5.74) is 2.67. The standard InChI is InChI=1S/C32H25N3O5S/c1-38-23-13-15-25(16-14-23)39-24-11-9-22(10-12-24)35-30(29(34-32(35)41)26-4-2-3-19-33-26)28-18-17-27(40-28)20-5-7-21(8-6-20)31(36)37/h2-19,29-30H,1H3,(H,34,41)(H,36,37)/t29-,30+/m1/s1. The molecule has 1 aliphatic rings. The van der Waals surface area contributed by atoms with Crippen LogP contribution in [0.2, 0.25) is 0 Å². The Kier molecular flexibility index (Phi) is 7.09. The van der Waals surface area contributed by atoms with Crippen molar-refractivity contribution in [1.29, 1.82) is 0 Å². The molecule has 6 rings (SSSR count). The number of ether oxygens (including phenoxy) is 2. The van der Waals surface area contributed by atoms with Crippen LogP contribution < -0.4 is 19.7 Å². The number of aromatic carboxylic acids is 1. The highest BCUT2D eigenvalue weighted by Gasteiger charge is 2.42. The number of nitrogens with zero attached hydrogens (tertiary/aromatic N) is 2. The van der Waals surface area contributed by atoms with Gasteiger partial charge in [-0.2, -0.15) is 0 Å². The molecule has 0 spiro atoms. The van der Waals surface area contributed by atoms with E-state index in [9.17, 15) is 9.90 Å². The number of aromatic nitrogens is 1. The first-order chi connectivity index (χ1) is 20.0. The zero-order valence-corrected chi connectivity index (χ0v) is 22.7. The molecule has 41 heavy (non-hydrogen) atoms. The number of nitrogens with one attached hydrogen (secondary N) is 1. The first kappa shape index (κ1) is 26.1. The summed E-state index contributed by atoms with van der Waals surface area (Å²) in [4.78, 5) is 17.9. The van der Waals surface area contributed by atoms with Gasteiger partial charge in [0.05, 0.1) is 24.4 Å². The molecule has 0 bridgehead atoms. The fourth-order valence-electron chi connectivity index (χ4n) is 4.82. The molecule has 0 saturated carbocycles. The molecule has 3 heterocycles. The Labute approximate surface area is 241 Å². The van der Waals surface area contributed by atoms with Gasteiger partial charge in [0.1, 0.15) is 34.8 Å². The number of hydrogen-bond donors (Lipinski definition) is 2. The van der Waals surface area contributed by atoms with Crippen molar-refractivity contribution in [3.8, 4) is 28.6 Å². The van der Waals surface area contributed by atoms with E-state index >= 15 is 0 Å². The number of carboxylic acids is 1. The van der Waals surface area contributed by atoms with Gasteiger partial charge in [-0.1, -0.05) is 18.2 Å². The lowest BCUT2D eigenvalue weighted by Gasteiger charge is -2.26. The van der Waals surface area contributed by atoms with Crippen molar-refractivity contribution in [1.82, 2.24) is 10.3 Å². The Morgan fingerprint density at radius 1 is 0.902 bits per heavy atom. The van der Waals surface area contributed by atoms with E-state index in [2.05, 4.69) is 10.3 Å². The largest absolute Gasteiger partial charge is 0.497 e. The highest BCUT2D eigenvalue weighted by Crippen LogP contribution is 2.43. The summed E-state index contributed by atoms with van der Waals surface area (Å²) in [6.07, 6.45) is 1.75. The van der Waals surface area contributed by atoms with Crippen LogP contribution >= 0.6 is 12.2 Å². The van der Waals surface area contributed by atoms with Crippen LogP contribution in [-0.2, 0) is 0 Å². The molecule has 2 atom stereocenters. The summed E-state index contributed by atoms with van der Waals surface area (Å²) >= 11 is 5.82. The Morgan fingerprint density at radius 2 is 1.59 bits per heavy atom. The summed E-state index contributed by atoms with van der Waals surface area (Å²) in [5, 5.41) is 13.2. The fraction of sp³-hybridized carbons (Fsp3) is 0.0938. The lowest BCUT2D eigenvalue weighted by molar-refractivity contribution is 0.0697. The molecule has 9 heteroatoms. The first-order valence-corrected chi connectivity index (χ1v) is 13.3. The predicted octanol–water partition coefficient (Wildman–Crippen LogP) is 7.02. The van der Waals surface area contributed by atoms with Crippen LogP contribution in [0.1, 0.15) is 33.9 Å². The number of furan rings is 1. The number of carbonyl (C=O) groups is 1. The highest BCUT2D eigenvalue weighted by atomic mass is 32.1. The molecule has 1 fully saturated rings. The minimum absolute atomic E-state index is 0.215. The van der Waals surface area contributed by atoms with Crippen LogP contribution in [0, 0.1) is 0 Å². The second-order valence-corrected chi connectivity index (χ2v) is 9.74. The minimum Gasteiger partial charge on any atom is -0.497 e. The predicted molar refractivity (Wildman–Crippen MR) is 159 cm³/mol. The van der Waals surface area contributed by atoms with Crippen LogP contribution in [-0.4, -0.2) is 28.3 Å². The van der Waals surface area contributed by atoms with Crippen LogP contribution in [0.3, 0.4) is 0 Å². The van der Waals surface area contributed by atoms with Crippen molar-refractivity contribution >= 4 is 29.0 Å². The molecule has 5 aromatic rings. The SMILES string of the molecule is COc1ccc(Oc2ccc(N3C(=S)N[C@H](c4ccccn4)[C@@H]3c3ccc(-c4ccc(C(=O)O)cc4)o3)cc2)cc1. The molecule has 3 aromatic carbocycles. The summed E-state index contributed by atoms with van der Waals surface area (Å²) in [6, 6.07) is 30.6. The smallest absolute Gasteiger partial charge is 0.335 e. The normalized spacial score (nSPS) is 16.3. The summed E-state index contributed by atoms with van der Waals surface area (Å²) in [7, 11) is 1.62. The van der Waals surface area contributed by atoms with Gasteiger partial charge in [0.25, 0.3) is 0 Å². The first-order valence-electron chi connectivity index (χ1n) is 12.9. The third-order valence-corrected chi connectivity index (χ3v) is 7.16. The van der Waals surface area contributed by atoms with Crippen molar-refractivity contribution in [2.24, 2.45) is 0 Å². The van der Waals surface area contributed by atoms with E-state index < -0.39 is 5.97 Å². The molecule has 0 radical (unpaired) electrons. The van der Waals surface area contributed by atoms with Crippen molar-refractivity contribution < 1.29 is 23.8 Å². The molecular weight excluding hydrogens is 538 g/mol. The molecule has 2 N–H and O–H groups in total. The summed E-state index contributed by atoms with van der Waals surface area (Å²) in [5.74, 6) is 2.47. The highest BCUT2D eigenvalue weighted by molar-refractivity contribution is 7.80. The summed E-state index contributed by atoms with van der Waals surface area (Å²) in [6.45, 7) is 0. The fourth-order valence-corrected chi connectivity index (χ4v) is 5.17. The van der Waals surface area contributed by atoms with E-state index in [0.717, 1.165) is 22.7 Å². The quantitative estimate of drug-likeness (QED) is 0.193. The van der Waals surface area contributed by atoms with Crippen LogP contribution in [0.5, 0.6) is 17.2 Å². The maximum absolute atomic E-state index is 11.3. The van der Waals surface area contributed by atoms with Gasteiger partial charge in [-0.05, 0) is 97.1 Å². The molecule has 0 amide bonds. The van der Waals surface area contributed by atoms with Crippen molar-refractivity contribution in [3.05, 3.63) is 126 Å². The van der Waals surface area contributed by atoms with Crippen LogP contribution in [0.25, 0.3) is 11.3 Å². The zero-order chi connectivity index (χ0) is 28.3. The number of hydrogen-bond acceptors (Lipinski definition) is 6. The topological polar surface area (TPSA) is 97.1 Å². The number of methoxy groups -OCH3 is 1. The van der Waals surface area contributed by atoms with E-state index in [1.807, 2.05) is 83.8 Å². The Hall–Kier alpha value is -5.15. The van der Waals surface area contributed by atoms with Gasteiger partial charge >= 0.3 is 5.97 Å². The van der Waals surface area contributed by atoms with E-state index in [-0.39, 0.29) is 17.6 Å². The van der Waals surface area contributed by atoms with Gasteiger partial charge in [0, 0.05) is 17.4 Å². The minimum atomic E-state index is -0.975. The monoisotopic (exact) mass is 563 g/mol. The van der Waals surface area contributed by atoms with Gasteiger partial charge in [0.2, 0.25) is 0 Å². The van der Waals surface area contributed by atoms with Crippen molar-refractivity contribution in [3.63, 3.8) is 0 Å². The van der Waals surface area contributed by atoms with Gasteiger partial charge in [-0.15, -0.1) is 0 Å². The maximum Gasteiger partial charge on any atom is 0.335 e. The number of carboxylic acid groups (broad SMARTS) is 1. The third-order valence-electron chi connectivity index (χ3n) is 6.84. The van der Waals surface area contributed by atoms with Gasteiger partial charge in [-0.25, -0.2) is 4.79 Å². The third kappa shape index (κ3) is 5.35. The van der Waals surface area contributed by atoms with E-state index in [1.54, 1.807) is 37.6 Å². The Bertz CT molecular complexity index is 1670. The van der Waals surface area contributed by atoms with E-state index in [0.29, 0.717) is 28.1 Å². The second-order valence-electron chi connectivity index (χ2n) is 9.35. The average Bonchev–Trinajstić information content (AvgIpc) is 3.63. The van der Waals surface area contributed by atoms with E-state index in [1.165, 1.54) is 0 Å². The number of thiocarbonyl (C=S) groups is 1. The lowest BCUT2D eigenvalue weighted by atomic mass is 10.0. The molecular formula is C32H25N3O5S. The maximum atomic E-state index is 11.3. The molecule has 0 unspecified atom stereocenters. The average molecular weight is 564 g/mol. The van der Waals surface area contributed by atoms with Crippen molar-refractivity contribution in [2.75, 3.05) is 12.0 Å². The van der Waals surface area contributed by atoms with Gasteiger partial charge in [0.15, 0.2) is 5.11 Å².